The first kappa shape index (κ1) is 19.7. The van der Waals surface area contributed by atoms with Crippen molar-refractivity contribution >= 4 is 16.9 Å². The molecule has 3 aromatic rings. The third kappa shape index (κ3) is 3.69. The number of carbonyl (C=O) groups excluding carboxylic acids is 1. The zero-order valence-electron chi connectivity index (χ0n) is 16.9. The maximum atomic E-state index is 14.6. The van der Waals surface area contributed by atoms with Gasteiger partial charge in [0, 0.05) is 37.2 Å². The molecule has 1 aromatic heterocycles. The van der Waals surface area contributed by atoms with Gasteiger partial charge in [-0.05, 0) is 19.1 Å². The van der Waals surface area contributed by atoms with Crippen LogP contribution in [0.3, 0.4) is 0 Å². The Hall–Kier alpha value is -3.20. The summed E-state index contributed by atoms with van der Waals surface area (Å²) in [6.07, 6.45) is -0.319. The molecule has 2 aliphatic heterocycles. The van der Waals surface area contributed by atoms with Crippen molar-refractivity contribution in [3.05, 3.63) is 52.9 Å². The summed E-state index contributed by atoms with van der Waals surface area (Å²) in [4.78, 5) is 22.4. The number of nitrogens with one attached hydrogen (secondary N) is 1. The number of hydrogen-bond donors (Lipinski definition) is 1. The van der Waals surface area contributed by atoms with Gasteiger partial charge in [-0.25, -0.2) is 13.8 Å². The van der Waals surface area contributed by atoms with Gasteiger partial charge in [0.25, 0.3) is 5.91 Å². The molecule has 1 N–H and O–H groups in total. The monoisotopic (exact) mass is 429 g/mol. The quantitative estimate of drug-likeness (QED) is 0.690. The first-order chi connectivity index (χ1) is 15.0. The first-order valence-electron chi connectivity index (χ1n) is 10.2. The van der Waals surface area contributed by atoms with Gasteiger partial charge in [0.2, 0.25) is 0 Å². The summed E-state index contributed by atoms with van der Waals surface area (Å²) < 4.78 is 45.1. The summed E-state index contributed by atoms with van der Waals surface area (Å²) >= 11 is 0. The molecular weight excluding hydrogens is 408 g/mol. The van der Waals surface area contributed by atoms with Crippen molar-refractivity contribution in [3.63, 3.8) is 0 Å². The van der Waals surface area contributed by atoms with Crippen LogP contribution in [0.1, 0.15) is 34.3 Å². The number of hydrogen-bond acceptors (Lipinski definition) is 5. The highest BCUT2D eigenvalue weighted by molar-refractivity contribution is 5.99. The fraction of sp³-hybridized carbons (Fsp3) is 0.364. The molecule has 0 radical (unpaired) electrons. The average Bonchev–Trinajstić information content (AvgIpc) is 3.14. The van der Waals surface area contributed by atoms with Crippen molar-refractivity contribution in [2.24, 2.45) is 0 Å². The summed E-state index contributed by atoms with van der Waals surface area (Å²) in [5.41, 5.74) is 1.81. The molecule has 0 bridgehead atoms. The molecule has 2 aromatic carbocycles. The van der Waals surface area contributed by atoms with Gasteiger partial charge >= 0.3 is 0 Å². The van der Waals surface area contributed by atoms with Crippen LogP contribution in [0.4, 0.5) is 8.78 Å². The highest BCUT2D eigenvalue weighted by Gasteiger charge is 2.29. The van der Waals surface area contributed by atoms with Gasteiger partial charge in [-0.3, -0.25) is 4.79 Å². The predicted octanol–water partition coefficient (Wildman–Crippen LogP) is 3.52. The van der Waals surface area contributed by atoms with E-state index in [0.717, 1.165) is 12.1 Å². The van der Waals surface area contributed by atoms with Crippen LogP contribution < -0.4 is 9.47 Å². The number of aryl methyl sites for hydroxylation is 1. The Bertz CT molecular complexity index is 1160. The van der Waals surface area contributed by atoms with Crippen LogP contribution in [-0.2, 0) is 4.74 Å². The van der Waals surface area contributed by atoms with Crippen molar-refractivity contribution in [1.29, 1.82) is 0 Å². The SMILES string of the molecule is Cc1nc2c(O[C@H]3CCOc4cc(F)cc(F)c43)cc(C(=O)N3CCOCC3)cc2[nH]1. The molecule has 0 unspecified atom stereocenters. The second-order valence-electron chi connectivity index (χ2n) is 7.64. The summed E-state index contributed by atoms with van der Waals surface area (Å²) in [6, 6.07) is 5.35. The number of halogens is 2. The second-order valence-corrected chi connectivity index (χ2v) is 7.64. The van der Waals surface area contributed by atoms with E-state index in [1.807, 2.05) is 0 Å². The van der Waals surface area contributed by atoms with Crippen molar-refractivity contribution in [3.8, 4) is 11.5 Å². The molecule has 3 heterocycles. The molecule has 9 heteroatoms. The first-order valence-corrected chi connectivity index (χ1v) is 10.2. The van der Waals surface area contributed by atoms with Crippen molar-refractivity contribution in [2.45, 2.75) is 19.4 Å². The van der Waals surface area contributed by atoms with Gasteiger partial charge < -0.3 is 24.1 Å². The number of amides is 1. The molecule has 31 heavy (non-hydrogen) atoms. The molecule has 0 saturated carbocycles. The minimum Gasteiger partial charge on any atom is -0.493 e. The van der Waals surface area contributed by atoms with E-state index >= 15 is 0 Å². The fourth-order valence-electron chi connectivity index (χ4n) is 4.06. The number of aromatic nitrogens is 2. The van der Waals surface area contributed by atoms with Crippen molar-refractivity contribution in [2.75, 3.05) is 32.9 Å². The molecule has 0 aliphatic carbocycles. The normalized spacial score (nSPS) is 18.5. The summed E-state index contributed by atoms with van der Waals surface area (Å²) in [5.74, 6) is -0.418. The molecule has 1 saturated heterocycles. The van der Waals surface area contributed by atoms with Crippen LogP contribution in [0.15, 0.2) is 24.3 Å². The predicted molar refractivity (Wildman–Crippen MR) is 107 cm³/mol. The van der Waals surface area contributed by atoms with Crippen molar-refractivity contribution in [1.82, 2.24) is 14.9 Å². The molecule has 1 fully saturated rings. The van der Waals surface area contributed by atoms with Crippen LogP contribution >= 0.6 is 0 Å². The third-order valence-corrected chi connectivity index (χ3v) is 5.50. The maximum Gasteiger partial charge on any atom is 0.254 e. The van der Waals surface area contributed by atoms with E-state index in [2.05, 4.69) is 9.97 Å². The zero-order valence-corrected chi connectivity index (χ0v) is 16.9. The lowest BCUT2D eigenvalue weighted by Crippen LogP contribution is -2.40. The molecule has 162 valence electrons. The van der Waals surface area contributed by atoms with Crippen LogP contribution in [0.25, 0.3) is 11.0 Å². The summed E-state index contributed by atoms with van der Waals surface area (Å²) in [7, 11) is 0. The van der Waals surface area contributed by atoms with Gasteiger partial charge in [0.1, 0.15) is 40.6 Å². The fourth-order valence-corrected chi connectivity index (χ4v) is 4.06. The van der Waals surface area contributed by atoms with E-state index in [0.29, 0.717) is 60.9 Å². The second kappa shape index (κ2) is 7.81. The molecular formula is C22H21F2N3O4. The smallest absolute Gasteiger partial charge is 0.254 e. The molecule has 5 rings (SSSR count). The number of imidazole rings is 1. The van der Waals surface area contributed by atoms with E-state index in [4.69, 9.17) is 14.2 Å². The highest BCUT2D eigenvalue weighted by Crippen LogP contribution is 2.39. The lowest BCUT2D eigenvalue weighted by Gasteiger charge is -2.28. The maximum absolute atomic E-state index is 14.6. The number of rotatable bonds is 3. The Morgan fingerprint density at radius 3 is 2.81 bits per heavy atom. The summed E-state index contributed by atoms with van der Waals surface area (Å²) in [6.45, 7) is 4.08. The molecule has 0 spiro atoms. The van der Waals surface area contributed by atoms with Crippen LogP contribution in [0.5, 0.6) is 11.5 Å². The lowest BCUT2D eigenvalue weighted by molar-refractivity contribution is 0.0302. The largest absolute Gasteiger partial charge is 0.493 e. The van der Waals surface area contributed by atoms with E-state index in [1.165, 1.54) is 0 Å². The van der Waals surface area contributed by atoms with E-state index < -0.39 is 17.7 Å². The Morgan fingerprint density at radius 2 is 2.00 bits per heavy atom. The van der Waals surface area contributed by atoms with Gasteiger partial charge in [-0.15, -0.1) is 0 Å². The molecule has 1 amide bonds. The van der Waals surface area contributed by atoms with Gasteiger partial charge in [0.15, 0.2) is 0 Å². The average molecular weight is 429 g/mol. The van der Waals surface area contributed by atoms with Crippen LogP contribution in [0, 0.1) is 18.6 Å². The van der Waals surface area contributed by atoms with E-state index in [-0.39, 0.29) is 23.8 Å². The molecule has 1 atom stereocenters. The number of H-pyrrole nitrogens is 1. The number of nitrogens with zero attached hydrogens (tertiary/aromatic N) is 2. The van der Waals surface area contributed by atoms with E-state index in [1.54, 1.807) is 24.0 Å². The Kier molecular flexibility index (Phi) is 4.97. The highest BCUT2D eigenvalue weighted by atomic mass is 19.1. The zero-order chi connectivity index (χ0) is 21.5. The number of ether oxygens (including phenoxy) is 3. The number of aromatic amines is 1. The molecule has 7 nitrogen and oxygen atoms in total. The Morgan fingerprint density at radius 1 is 1.19 bits per heavy atom. The van der Waals surface area contributed by atoms with Crippen LogP contribution in [0.2, 0.25) is 0 Å². The minimum atomic E-state index is -0.727. The molecule has 2 aliphatic rings. The van der Waals surface area contributed by atoms with Gasteiger partial charge in [-0.1, -0.05) is 0 Å². The standard InChI is InChI=1S/C22H21F2N3O4/c1-12-25-16-8-13(22(28)27-3-6-29-7-4-27)9-19(21(16)26-12)31-17-2-5-30-18-11-14(23)10-15(24)20(17)18/h8-11,17H,2-7H2,1H3,(H,25,26)/t17-/m0/s1. The summed E-state index contributed by atoms with van der Waals surface area (Å²) in [5, 5.41) is 0. The third-order valence-electron chi connectivity index (χ3n) is 5.50. The number of morpholine rings is 1. The topological polar surface area (TPSA) is 76.7 Å². The lowest BCUT2D eigenvalue weighted by atomic mass is 10.0. The van der Waals surface area contributed by atoms with E-state index in [9.17, 15) is 13.6 Å². The minimum absolute atomic E-state index is 0.128. The number of fused-ring (bicyclic) bond motifs is 2. The number of benzene rings is 2. The Labute approximate surface area is 176 Å². The number of carbonyl (C=O) groups is 1. The van der Waals surface area contributed by atoms with Crippen LogP contribution in [-0.4, -0.2) is 53.7 Å². The van der Waals surface area contributed by atoms with Crippen molar-refractivity contribution < 1.29 is 27.8 Å². The van der Waals surface area contributed by atoms with Gasteiger partial charge in [0.05, 0.1) is 30.9 Å². The Balaban J connectivity index is 1.54. The van der Waals surface area contributed by atoms with Gasteiger partial charge in [-0.2, -0.15) is 0 Å².